The largest absolute Gasteiger partial charge is 0.459 e. The highest BCUT2D eigenvalue weighted by molar-refractivity contribution is 6.33. The Balaban J connectivity index is 1.18. The van der Waals surface area contributed by atoms with E-state index in [4.69, 9.17) is 21.0 Å². The molecule has 3 aromatic rings. The number of anilines is 2. The predicted molar refractivity (Wildman–Crippen MR) is 131 cm³/mol. The third-order valence-electron chi connectivity index (χ3n) is 6.33. The standard InChI is InChI=1S/C24H27ClN6O3/c25-19-4-1-2-5-20(19)29-9-7-28(8-10-29)17-18-16-22(32)27-24(26-18)31-13-11-30(12-14-31)23(33)21-6-3-15-34-21/h1-6,15-16H,7-14,17H2,(H,26,27,32). The molecule has 10 heteroatoms. The highest BCUT2D eigenvalue weighted by atomic mass is 35.5. The van der Waals surface area contributed by atoms with Crippen LogP contribution >= 0.6 is 11.6 Å². The first-order valence-electron chi connectivity index (χ1n) is 11.5. The Morgan fingerprint density at radius 1 is 0.971 bits per heavy atom. The lowest BCUT2D eigenvalue weighted by atomic mass is 10.2. The molecular formula is C24H27ClN6O3. The van der Waals surface area contributed by atoms with Crippen molar-refractivity contribution in [2.45, 2.75) is 6.54 Å². The number of carbonyl (C=O) groups excluding carboxylic acids is 1. The van der Waals surface area contributed by atoms with E-state index in [0.717, 1.165) is 42.6 Å². The van der Waals surface area contributed by atoms with Crippen molar-refractivity contribution in [3.05, 3.63) is 75.6 Å². The van der Waals surface area contributed by atoms with Gasteiger partial charge in [-0.25, -0.2) is 4.98 Å². The number of hydrogen-bond acceptors (Lipinski definition) is 7. The Bertz CT molecular complexity index is 1180. The Kier molecular flexibility index (Phi) is 6.55. The van der Waals surface area contributed by atoms with Gasteiger partial charge < -0.3 is 19.1 Å². The fourth-order valence-corrected chi connectivity index (χ4v) is 4.74. The van der Waals surface area contributed by atoms with E-state index < -0.39 is 0 Å². The van der Waals surface area contributed by atoms with Crippen molar-refractivity contribution in [3.63, 3.8) is 0 Å². The van der Waals surface area contributed by atoms with Gasteiger partial charge in [0.1, 0.15) is 0 Å². The molecule has 2 aliphatic rings. The van der Waals surface area contributed by atoms with Crippen LogP contribution in [0, 0.1) is 0 Å². The number of hydrogen-bond donors (Lipinski definition) is 1. The fourth-order valence-electron chi connectivity index (χ4n) is 4.49. The summed E-state index contributed by atoms with van der Waals surface area (Å²) in [5.41, 5.74) is 1.65. The molecule has 0 bridgehead atoms. The van der Waals surface area contributed by atoms with Gasteiger partial charge in [-0.3, -0.25) is 19.5 Å². The summed E-state index contributed by atoms with van der Waals surface area (Å²) in [5.74, 6) is 0.787. The summed E-state index contributed by atoms with van der Waals surface area (Å²) < 4.78 is 5.22. The van der Waals surface area contributed by atoms with E-state index in [2.05, 4.69) is 14.8 Å². The van der Waals surface area contributed by atoms with Crippen molar-refractivity contribution in [3.8, 4) is 0 Å². The molecule has 5 rings (SSSR count). The van der Waals surface area contributed by atoms with E-state index in [0.29, 0.717) is 44.4 Å². The molecule has 2 aliphatic heterocycles. The van der Waals surface area contributed by atoms with Gasteiger partial charge in [0.15, 0.2) is 5.76 Å². The van der Waals surface area contributed by atoms with Crippen LogP contribution < -0.4 is 15.4 Å². The van der Waals surface area contributed by atoms with Crippen LogP contribution in [0.3, 0.4) is 0 Å². The number of halogens is 1. The molecule has 1 aromatic carbocycles. The Labute approximate surface area is 202 Å². The van der Waals surface area contributed by atoms with Crippen LogP contribution in [0.1, 0.15) is 16.2 Å². The molecule has 0 aliphatic carbocycles. The molecule has 2 saturated heterocycles. The lowest BCUT2D eigenvalue weighted by Crippen LogP contribution is -2.49. The molecule has 0 unspecified atom stereocenters. The molecular weight excluding hydrogens is 456 g/mol. The van der Waals surface area contributed by atoms with Crippen LogP contribution in [0.5, 0.6) is 0 Å². The summed E-state index contributed by atoms with van der Waals surface area (Å²) >= 11 is 6.35. The summed E-state index contributed by atoms with van der Waals surface area (Å²) in [4.78, 5) is 40.8. The third kappa shape index (κ3) is 4.95. The minimum Gasteiger partial charge on any atom is -0.459 e. The number of aromatic nitrogens is 2. The quantitative estimate of drug-likeness (QED) is 0.597. The van der Waals surface area contributed by atoms with Crippen LogP contribution in [0.4, 0.5) is 11.6 Å². The lowest BCUT2D eigenvalue weighted by Gasteiger charge is -2.36. The number of piperazine rings is 2. The summed E-state index contributed by atoms with van der Waals surface area (Å²) in [6, 6.07) is 12.9. The van der Waals surface area contributed by atoms with Crippen LogP contribution in [-0.2, 0) is 6.54 Å². The van der Waals surface area contributed by atoms with Gasteiger partial charge in [0, 0.05) is 65.0 Å². The van der Waals surface area contributed by atoms with E-state index in [1.807, 2.05) is 29.2 Å². The van der Waals surface area contributed by atoms with Crippen molar-refractivity contribution >= 4 is 29.1 Å². The molecule has 2 aromatic heterocycles. The monoisotopic (exact) mass is 482 g/mol. The molecule has 1 amide bonds. The normalized spacial score (nSPS) is 17.3. The van der Waals surface area contributed by atoms with Crippen LogP contribution in [0.25, 0.3) is 0 Å². The molecule has 0 atom stereocenters. The maximum absolute atomic E-state index is 12.5. The summed E-state index contributed by atoms with van der Waals surface area (Å²) in [5, 5.41) is 0.766. The fraction of sp³-hybridized carbons (Fsp3) is 0.375. The second-order valence-corrected chi connectivity index (χ2v) is 8.94. The van der Waals surface area contributed by atoms with Gasteiger partial charge in [-0.1, -0.05) is 23.7 Å². The SMILES string of the molecule is O=C(c1ccco1)N1CCN(c2nc(CN3CCN(c4ccccc4Cl)CC3)cc(=O)[nH]2)CC1. The first-order chi connectivity index (χ1) is 16.6. The molecule has 34 heavy (non-hydrogen) atoms. The van der Waals surface area contributed by atoms with Gasteiger partial charge in [0.05, 0.1) is 22.7 Å². The highest BCUT2D eigenvalue weighted by Gasteiger charge is 2.25. The van der Waals surface area contributed by atoms with Crippen molar-refractivity contribution < 1.29 is 9.21 Å². The maximum Gasteiger partial charge on any atom is 0.289 e. The smallest absolute Gasteiger partial charge is 0.289 e. The number of para-hydroxylation sites is 1. The zero-order valence-electron chi connectivity index (χ0n) is 18.8. The van der Waals surface area contributed by atoms with Gasteiger partial charge in [-0.05, 0) is 24.3 Å². The summed E-state index contributed by atoms with van der Waals surface area (Å²) in [6.07, 6.45) is 1.50. The first kappa shape index (κ1) is 22.5. The van der Waals surface area contributed by atoms with Gasteiger partial charge in [-0.15, -0.1) is 0 Å². The Morgan fingerprint density at radius 2 is 1.71 bits per heavy atom. The molecule has 9 nitrogen and oxygen atoms in total. The second-order valence-electron chi connectivity index (χ2n) is 8.53. The predicted octanol–water partition coefficient (Wildman–Crippen LogP) is 2.30. The lowest BCUT2D eigenvalue weighted by molar-refractivity contribution is 0.0714. The average molecular weight is 483 g/mol. The number of nitrogens with zero attached hydrogens (tertiary/aromatic N) is 5. The van der Waals surface area contributed by atoms with Gasteiger partial charge in [0.2, 0.25) is 5.95 Å². The Hall–Kier alpha value is -3.30. The van der Waals surface area contributed by atoms with E-state index in [1.54, 1.807) is 23.1 Å². The van der Waals surface area contributed by atoms with Crippen molar-refractivity contribution in [1.29, 1.82) is 0 Å². The Morgan fingerprint density at radius 3 is 2.41 bits per heavy atom. The molecule has 178 valence electrons. The molecule has 4 heterocycles. The minimum atomic E-state index is -0.163. The van der Waals surface area contributed by atoms with E-state index in [1.165, 1.54) is 6.26 Å². The van der Waals surface area contributed by atoms with Crippen molar-refractivity contribution in [2.75, 3.05) is 62.2 Å². The number of H-pyrrole nitrogens is 1. The van der Waals surface area contributed by atoms with E-state index in [9.17, 15) is 9.59 Å². The number of benzene rings is 1. The topological polar surface area (TPSA) is 88.9 Å². The molecule has 1 N–H and O–H groups in total. The highest BCUT2D eigenvalue weighted by Crippen LogP contribution is 2.26. The van der Waals surface area contributed by atoms with Crippen molar-refractivity contribution in [1.82, 2.24) is 19.8 Å². The maximum atomic E-state index is 12.5. The van der Waals surface area contributed by atoms with Crippen LogP contribution in [0.2, 0.25) is 5.02 Å². The summed E-state index contributed by atoms with van der Waals surface area (Å²) in [6.45, 7) is 6.34. The number of carbonyl (C=O) groups is 1. The van der Waals surface area contributed by atoms with Crippen LogP contribution in [-0.4, -0.2) is 78.0 Å². The average Bonchev–Trinajstić information content (AvgIpc) is 3.39. The molecule has 2 fully saturated rings. The van der Waals surface area contributed by atoms with Gasteiger partial charge >= 0.3 is 0 Å². The molecule has 0 saturated carbocycles. The second kappa shape index (κ2) is 9.90. The van der Waals surface area contributed by atoms with Crippen molar-refractivity contribution in [2.24, 2.45) is 0 Å². The number of aromatic amines is 1. The summed E-state index contributed by atoms with van der Waals surface area (Å²) in [7, 11) is 0. The number of furan rings is 1. The van der Waals surface area contributed by atoms with Gasteiger partial charge in [-0.2, -0.15) is 0 Å². The third-order valence-corrected chi connectivity index (χ3v) is 6.65. The first-order valence-corrected chi connectivity index (χ1v) is 11.8. The van der Waals surface area contributed by atoms with Gasteiger partial charge in [0.25, 0.3) is 11.5 Å². The number of rotatable bonds is 5. The van der Waals surface area contributed by atoms with Crippen LogP contribution in [0.15, 0.2) is 57.9 Å². The molecule has 0 spiro atoms. The van der Waals surface area contributed by atoms with E-state index in [-0.39, 0.29) is 11.5 Å². The zero-order valence-corrected chi connectivity index (χ0v) is 19.6. The minimum absolute atomic E-state index is 0.115. The number of amides is 1. The van der Waals surface area contributed by atoms with E-state index >= 15 is 0 Å². The zero-order chi connectivity index (χ0) is 23.5. The number of nitrogens with one attached hydrogen (secondary N) is 1. The molecule has 0 radical (unpaired) electrons.